The van der Waals surface area contributed by atoms with Crippen molar-refractivity contribution in [3.63, 3.8) is 0 Å². The van der Waals surface area contributed by atoms with Gasteiger partial charge >= 0.3 is 0 Å². The van der Waals surface area contributed by atoms with Gasteiger partial charge in [-0.15, -0.1) is 0 Å². The van der Waals surface area contributed by atoms with Gasteiger partial charge in [0, 0.05) is 31.3 Å². The second-order valence-electron chi connectivity index (χ2n) is 7.60. The van der Waals surface area contributed by atoms with E-state index in [9.17, 15) is 4.79 Å². The van der Waals surface area contributed by atoms with Gasteiger partial charge in [0.15, 0.2) is 0 Å². The maximum atomic E-state index is 12.8. The number of aromatic amines is 1. The Balaban J connectivity index is 1.43. The number of likely N-dealkylation sites (tertiary alicyclic amines) is 1. The van der Waals surface area contributed by atoms with Crippen LogP contribution in [0.15, 0.2) is 42.6 Å². The lowest BCUT2D eigenvalue weighted by Gasteiger charge is -2.34. The van der Waals surface area contributed by atoms with E-state index in [4.69, 9.17) is 0 Å². The van der Waals surface area contributed by atoms with Crippen molar-refractivity contribution in [3.8, 4) is 0 Å². The van der Waals surface area contributed by atoms with Crippen LogP contribution in [0.4, 0.5) is 0 Å². The van der Waals surface area contributed by atoms with Crippen molar-refractivity contribution in [2.24, 2.45) is 0 Å². The maximum Gasteiger partial charge on any atom is 0.274 e. The molecule has 0 saturated carbocycles. The highest BCUT2D eigenvalue weighted by Gasteiger charge is 2.24. The summed E-state index contributed by atoms with van der Waals surface area (Å²) in [6, 6.07) is 12.7. The number of fused-ring (bicyclic) bond motifs is 1. The second-order valence-corrected chi connectivity index (χ2v) is 7.60. The Labute approximate surface area is 159 Å². The number of amides is 1. The molecule has 27 heavy (non-hydrogen) atoms. The van der Waals surface area contributed by atoms with Gasteiger partial charge in [-0.05, 0) is 50.0 Å². The monoisotopic (exact) mass is 365 g/mol. The lowest BCUT2D eigenvalue weighted by molar-refractivity contribution is 0.0711. The largest absolute Gasteiger partial charge is 0.341 e. The van der Waals surface area contributed by atoms with E-state index in [1.807, 2.05) is 25.2 Å². The summed E-state index contributed by atoms with van der Waals surface area (Å²) in [6.45, 7) is 2.53. The summed E-state index contributed by atoms with van der Waals surface area (Å²) >= 11 is 0. The van der Waals surface area contributed by atoms with Gasteiger partial charge in [0.25, 0.3) is 5.91 Å². The maximum absolute atomic E-state index is 12.8. The van der Waals surface area contributed by atoms with Crippen LogP contribution in [0.3, 0.4) is 0 Å². The minimum Gasteiger partial charge on any atom is -0.341 e. The number of carbonyl (C=O) groups excluding carboxylic acids is 1. The summed E-state index contributed by atoms with van der Waals surface area (Å²) in [5.41, 5.74) is 2.60. The van der Waals surface area contributed by atoms with E-state index in [0.29, 0.717) is 18.3 Å². The molecule has 0 aliphatic carbocycles. The van der Waals surface area contributed by atoms with E-state index in [2.05, 4.69) is 51.1 Å². The zero-order valence-electron chi connectivity index (χ0n) is 16.1. The van der Waals surface area contributed by atoms with E-state index in [1.54, 1.807) is 4.90 Å². The number of nitrogens with one attached hydrogen (secondary N) is 1. The first-order valence-electron chi connectivity index (χ1n) is 9.65. The molecule has 6 nitrogen and oxygen atoms in total. The van der Waals surface area contributed by atoms with E-state index in [1.165, 1.54) is 23.7 Å². The number of benzene rings is 1. The number of H-pyrrole nitrogens is 1. The van der Waals surface area contributed by atoms with Crippen LogP contribution in [0, 0.1) is 0 Å². The summed E-state index contributed by atoms with van der Waals surface area (Å²) in [5.74, 6) is -0.0196. The lowest BCUT2D eigenvalue weighted by Crippen LogP contribution is -2.45. The number of piperidine rings is 1. The number of hydrogen-bond donors (Lipinski definition) is 1. The van der Waals surface area contributed by atoms with Gasteiger partial charge in [-0.25, -0.2) is 0 Å². The molecule has 1 N–H and O–H groups in total. The molecule has 1 atom stereocenters. The summed E-state index contributed by atoms with van der Waals surface area (Å²) in [7, 11) is 4.02. The molecular formula is C21H27N5O. The first-order valence-corrected chi connectivity index (χ1v) is 9.65. The van der Waals surface area contributed by atoms with Crippen molar-refractivity contribution in [1.82, 2.24) is 24.6 Å². The van der Waals surface area contributed by atoms with Gasteiger partial charge in [0.2, 0.25) is 0 Å². The predicted molar refractivity (Wildman–Crippen MR) is 107 cm³/mol. The zero-order valence-corrected chi connectivity index (χ0v) is 16.1. The molecule has 0 unspecified atom stereocenters. The number of nitrogens with zero attached hydrogens (tertiary/aromatic N) is 4. The predicted octanol–water partition coefficient (Wildman–Crippen LogP) is 2.97. The summed E-state index contributed by atoms with van der Waals surface area (Å²) in [5, 5.41) is 8.51. The molecule has 1 aliphatic rings. The molecule has 3 aromatic rings. The van der Waals surface area contributed by atoms with Gasteiger partial charge in [0.1, 0.15) is 5.69 Å². The molecular weight excluding hydrogens is 338 g/mol. The SMILES string of the molecule is CN(C[C@@H]1CCCCN1C)C(=O)c1cc(Cn2ccc3ccccc32)[nH]n1. The molecule has 0 spiro atoms. The Morgan fingerprint density at radius 1 is 1.30 bits per heavy atom. The average molecular weight is 365 g/mol. The minimum absolute atomic E-state index is 0.0196. The average Bonchev–Trinajstić information content (AvgIpc) is 3.31. The Kier molecular flexibility index (Phi) is 4.99. The van der Waals surface area contributed by atoms with Crippen LogP contribution in [0.5, 0.6) is 0 Å². The lowest BCUT2D eigenvalue weighted by atomic mass is 10.0. The van der Waals surface area contributed by atoms with E-state index in [-0.39, 0.29) is 5.91 Å². The number of para-hydroxylation sites is 1. The number of carbonyl (C=O) groups is 1. The van der Waals surface area contributed by atoms with Crippen LogP contribution < -0.4 is 0 Å². The third kappa shape index (κ3) is 3.76. The van der Waals surface area contributed by atoms with Crippen molar-refractivity contribution in [2.45, 2.75) is 31.8 Å². The molecule has 1 amide bonds. The fraction of sp³-hybridized carbons (Fsp3) is 0.429. The fourth-order valence-corrected chi connectivity index (χ4v) is 3.98. The first kappa shape index (κ1) is 17.8. The quantitative estimate of drug-likeness (QED) is 0.756. The van der Waals surface area contributed by atoms with Gasteiger partial charge in [0.05, 0.1) is 12.2 Å². The van der Waals surface area contributed by atoms with Gasteiger partial charge < -0.3 is 14.4 Å². The molecule has 4 rings (SSSR count). The summed E-state index contributed by atoms with van der Waals surface area (Å²) in [6.07, 6.45) is 5.72. The Morgan fingerprint density at radius 3 is 3.00 bits per heavy atom. The molecule has 142 valence electrons. The minimum atomic E-state index is -0.0196. The van der Waals surface area contributed by atoms with Crippen molar-refractivity contribution < 1.29 is 4.79 Å². The zero-order chi connectivity index (χ0) is 18.8. The molecule has 1 fully saturated rings. The molecule has 6 heteroatoms. The third-order valence-corrected chi connectivity index (χ3v) is 5.62. The molecule has 1 aliphatic heterocycles. The van der Waals surface area contributed by atoms with Crippen molar-refractivity contribution >= 4 is 16.8 Å². The molecule has 3 heterocycles. The van der Waals surface area contributed by atoms with Gasteiger partial charge in [-0.3, -0.25) is 9.89 Å². The number of likely N-dealkylation sites (N-methyl/N-ethyl adjacent to an activating group) is 2. The first-order chi connectivity index (χ1) is 13.1. The standard InChI is InChI=1S/C21H27N5O/c1-24-11-6-5-8-18(24)15-25(2)21(27)19-13-17(22-23-19)14-26-12-10-16-7-3-4-9-20(16)26/h3-4,7,9-10,12-13,18H,5-6,8,11,14-15H2,1-2H3,(H,22,23)/t18-/m0/s1. The molecule has 2 aromatic heterocycles. The number of hydrogen-bond acceptors (Lipinski definition) is 3. The van der Waals surface area contributed by atoms with Crippen LogP contribution in [0.25, 0.3) is 10.9 Å². The Bertz CT molecular complexity index is 927. The highest BCUT2D eigenvalue weighted by Crippen LogP contribution is 2.18. The van der Waals surface area contributed by atoms with Gasteiger partial charge in [-0.2, -0.15) is 5.10 Å². The smallest absolute Gasteiger partial charge is 0.274 e. The van der Waals surface area contributed by atoms with Crippen LogP contribution in [0.2, 0.25) is 0 Å². The van der Waals surface area contributed by atoms with Crippen molar-refractivity contribution in [1.29, 1.82) is 0 Å². The number of aromatic nitrogens is 3. The third-order valence-electron chi connectivity index (χ3n) is 5.62. The molecule has 0 bridgehead atoms. The highest BCUT2D eigenvalue weighted by atomic mass is 16.2. The van der Waals surface area contributed by atoms with Crippen LogP contribution in [-0.4, -0.2) is 63.7 Å². The molecule has 1 saturated heterocycles. The summed E-state index contributed by atoms with van der Waals surface area (Å²) < 4.78 is 2.16. The van der Waals surface area contributed by atoms with Crippen LogP contribution in [0.1, 0.15) is 35.4 Å². The number of rotatable bonds is 5. The normalized spacial score (nSPS) is 18.1. The topological polar surface area (TPSA) is 57.2 Å². The second kappa shape index (κ2) is 7.56. The molecule has 1 aromatic carbocycles. The van der Waals surface area contributed by atoms with Gasteiger partial charge in [-0.1, -0.05) is 24.6 Å². The highest BCUT2D eigenvalue weighted by molar-refractivity contribution is 5.92. The fourth-order valence-electron chi connectivity index (χ4n) is 3.98. The Hall–Kier alpha value is -2.60. The van der Waals surface area contributed by atoms with Crippen molar-refractivity contribution in [3.05, 3.63) is 54.0 Å². The summed E-state index contributed by atoms with van der Waals surface area (Å²) in [4.78, 5) is 16.9. The van der Waals surface area contributed by atoms with Crippen LogP contribution in [-0.2, 0) is 6.54 Å². The van der Waals surface area contributed by atoms with E-state index in [0.717, 1.165) is 25.2 Å². The van der Waals surface area contributed by atoms with Crippen LogP contribution >= 0.6 is 0 Å². The van der Waals surface area contributed by atoms with E-state index >= 15 is 0 Å². The van der Waals surface area contributed by atoms with E-state index < -0.39 is 0 Å². The van der Waals surface area contributed by atoms with Crippen molar-refractivity contribution in [2.75, 3.05) is 27.2 Å². The Morgan fingerprint density at radius 2 is 2.15 bits per heavy atom. The molecule has 0 radical (unpaired) electrons.